The number of amides is 2. The third kappa shape index (κ3) is 3.36. The van der Waals surface area contributed by atoms with Gasteiger partial charge in [-0.05, 0) is 37.0 Å². The zero-order valence-corrected chi connectivity index (χ0v) is 17.4. The molecule has 0 radical (unpaired) electrons. The molecule has 32 heavy (non-hydrogen) atoms. The number of fused-ring (bicyclic) bond motifs is 4. The van der Waals surface area contributed by atoms with E-state index in [2.05, 4.69) is 10.3 Å². The van der Waals surface area contributed by atoms with E-state index in [0.717, 1.165) is 34.3 Å². The van der Waals surface area contributed by atoms with Gasteiger partial charge in [-0.2, -0.15) is 13.2 Å². The van der Waals surface area contributed by atoms with Crippen LogP contribution in [0, 0.1) is 0 Å². The summed E-state index contributed by atoms with van der Waals surface area (Å²) < 4.78 is 42.7. The van der Waals surface area contributed by atoms with Crippen LogP contribution in [0.2, 0.25) is 0 Å². The van der Waals surface area contributed by atoms with Crippen LogP contribution in [0.4, 0.5) is 24.5 Å². The second kappa shape index (κ2) is 7.44. The van der Waals surface area contributed by atoms with Crippen molar-refractivity contribution < 1.29 is 22.8 Å². The van der Waals surface area contributed by atoms with Gasteiger partial charge >= 0.3 is 6.18 Å². The third-order valence-corrected chi connectivity index (χ3v) is 6.97. The fourth-order valence-corrected chi connectivity index (χ4v) is 5.57. The molecule has 1 aliphatic heterocycles. The maximum absolute atomic E-state index is 13.9. The zero-order valence-electron chi connectivity index (χ0n) is 16.6. The molecule has 11 heteroatoms. The summed E-state index contributed by atoms with van der Waals surface area (Å²) >= 11 is 1.44. The summed E-state index contributed by atoms with van der Waals surface area (Å²) in [7, 11) is 0. The van der Waals surface area contributed by atoms with E-state index in [1.807, 2.05) is 0 Å². The normalized spacial score (nSPS) is 18.3. The summed E-state index contributed by atoms with van der Waals surface area (Å²) in [4.78, 5) is 44.9. The number of para-hydroxylation sites is 2. The first-order chi connectivity index (χ1) is 15.2. The summed E-state index contributed by atoms with van der Waals surface area (Å²) in [5, 5.41) is 2.86. The van der Waals surface area contributed by atoms with E-state index < -0.39 is 42.6 Å². The van der Waals surface area contributed by atoms with Gasteiger partial charge in [-0.1, -0.05) is 12.1 Å². The quantitative estimate of drug-likeness (QED) is 0.634. The zero-order chi connectivity index (χ0) is 22.6. The van der Waals surface area contributed by atoms with Crippen LogP contribution in [0.5, 0.6) is 0 Å². The van der Waals surface area contributed by atoms with Crippen molar-refractivity contribution in [3.05, 3.63) is 51.4 Å². The first-order valence-electron chi connectivity index (χ1n) is 10.0. The third-order valence-electron chi connectivity index (χ3n) is 5.77. The van der Waals surface area contributed by atoms with E-state index in [9.17, 15) is 27.6 Å². The number of carbonyl (C=O) groups is 2. The Morgan fingerprint density at radius 2 is 2.00 bits per heavy atom. The fourth-order valence-electron chi connectivity index (χ4n) is 4.35. The molecule has 1 aliphatic carbocycles. The van der Waals surface area contributed by atoms with Crippen molar-refractivity contribution in [2.24, 2.45) is 0 Å². The highest BCUT2D eigenvalue weighted by molar-refractivity contribution is 7.18. The number of hydrogen-bond donors (Lipinski definition) is 1. The molecule has 0 fully saturated rings. The molecule has 1 atom stereocenters. The predicted octanol–water partition coefficient (Wildman–Crippen LogP) is 3.25. The molecule has 2 amide bonds. The number of aromatic nitrogens is 2. The van der Waals surface area contributed by atoms with Crippen LogP contribution >= 0.6 is 11.3 Å². The molecular weight excluding hydrogens is 445 g/mol. The molecule has 7 nitrogen and oxygen atoms in total. The van der Waals surface area contributed by atoms with Gasteiger partial charge in [0.1, 0.15) is 17.4 Å². The van der Waals surface area contributed by atoms with Gasteiger partial charge in [0.05, 0.1) is 29.5 Å². The van der Waals surface area contributed by atoms with Gasteiger partial charge in [0.15, 0.2) is 0 Å². The van der Waals surface area contributed by atoms with Gasteiger partial charge < -0.3 is 5.32 Å². The molecule has 2 aromatic heterocycles. The number of thiophene rings is 1. The predicted molar refractivity (Wildman–Crippen MR) is 113 cm³/mol. The number of nitrogens with zero attached hydrogens (tertiary/aromatic N) is 3. The lowest BCUT2D eigenvalue weighted by atomic mass is 10.1. The largest absolute Gasteiger partial charge is 0.409 e. The van der Waals surface area contributed by atoms with Crippen molar-refractivity contribution in [2.75, 3.05) is 10.2 Å². The van der Waals surface area contributed by atoms with E-state index >= 15 is 0 Å². The summed E-state index contributed by atoms with van der Waals surface area (Å²) in [5.74, 6) is -1.80. The molecule has 3 heterocycles. The van der Waals surface area contributed by atoms with Gasteiger partial charge in [-0.3, -0.25) is 23.9 Å². The number of hydrogen-bond acceptors (Lipinski definition) is 5. The maximum Gasteiger partial charge on any atom is 0.409 e. The van der Waals surface area contributed by atoms with Crippen LogP contribution < -0.4 is 15.8 Å². The molecular formula is C21H17F3N4O3S. The van der Waals surface area contributed by atoms with Gasteiger partial charge in [0, 0.05) is 4.88 Å². The number of aryl methyl sites for hydroxylation is 2. The molecule has 1 N–H and O–H groups in total. The lowest BCUT2D eigenvalue weighted by molar-refractivity contribution is -0.158. The van der Waals surface area contributed by atoms with Crippen LogP contribution in [0.3, 0.4) is 0 Å². The number of halogens is 3. The van der Waals surface area contributed by atoms with Crippen LogP contribution in [0.1, 0.15) is 23.3 Å². The maximum atomic E-state index is 13.9. The van der Waals surface area contributed by atoms with Crippen molar-refractivity contribution in [3.8, 4) is 0 Å². The fraction of sp³-hybridized carbons (Fsp3) is 0.333. The Morgan fingerprint density at radius 3 is 2.78 bits per heavy atom. The van der Waals surface area contributed by atoms with Gasteiger partial charge in [-0.25, -0.2) is 4.98 Å². The highest BCUT2D eigenvalue weighted by atomic mass is 32.1. The molecule has 1 unspecified atom stereocenters. The van der Waals surface area contributed by atoms with Crippen LogP contribution in [0.15, 0.2) is 35.4 Å². The molecule has 3 aromatic rings. The average molecular weight is 462 g/mol. The standard InChI is InChI=1S/C21H17F3N4O3S/c22-21(23,24)15-8-16(29)26-12-5-1-2-6-13(12)28(15)17(30)9-27-10-25-19-18(20(27)31)11-4-3-7-14(11)32-19/h1-2,5-6,10,15H,3-4,7-9H2,(H,26,29). The van der Waals surface area contributed by atoms with Gasteiger partial charge in [-0.15, -0.1) is 11.3 Å². The lowest BCUT2D eigenvalue weighted by Crippen LogP contribution is -2.51. The first-order valence-corrected chi connectivity index (χ1v) is 10.8. The van der Waals surface area contributed by atoms with Crippen LogP contribution in [0.25, 0.3) is 10.2 Å². The molecule has 0 saturated carbocycles. The average Bonchev–Trinajstić information content (AvgIpc) is 3.27. The topological polar surface area (TPSA) is 84.3 Å². The highest BCUT2D eigenvalue weighted by Crippen LogP contribution is 2.38. The van der Waals surface area contributed by atoms with E-state index in [1.54, 1.807) is 6.07 Å². The Kier molecular flexibility index (Phi) is 4.81. The number of carbonyl (C=O) groups excluding carboxylic acids is 2. The van der Waals surface area contributed by atoms with Gasteiger partial charge in [0.2, 0.25) is 11.8 Å². The van der Waals surface area contributed by atoms with E-state index in [4.69, 9.17) is 0 Å². The van der Waals surface area contributed by atoms with Crippen molar-refractivity contribution >= 4 is 44.7 Å². The first kappa shape index (κ1) is 20.7. The Balaban J connectivity index is 1.57. The summed E-state index contributed by atoms with van der Waals surface area (Å²) in [6.07, 6.45) is -2.03. The minimum Gasteiger partial charge on any atom is -0.324 e. The number of benzene rings is 1. The Morgan fingerprint density at radius 1 is 1.22 bits per heavy atom. The van der Waals surface area contributed by atoms with Crippen molar-refractivity contribution in [2.45, 2.75) is 44.4 Å². The summed E-state index contributed by atoms with van der Waals surface area (Å²) in [6, 6.07) is 3.46. The van der Waals surface area contributed by atoms with E-state index in [1.165, 1.54) is 35.9 Å². The molecule has 0 saturated heterocycles. The second-order valence-corrected chi connectivity index (χ2v) is 8.89. The van der Waals surface area contributed by atoms with Gasteiger partial charge in [0.25, 0.3) is 5.56 Å². The molecule has 0 spiro atoms. The molecule has 1 aromatic carbocycles. The minimum absolute atomic E-state index is 0.0656. The van der Waals surface area contributed by atoms with E-state index in [0.29, 0.717) is 15.1 Å². The molecule has 166 valence electrons. The monoisotopic (exact) mass is 462 g/mol. The van der Waals surface area contributed by atoms with Crippen molar-refractivity contribution in [1.29, 1.82) is 0 Å². The van der Waals surface area contributed by atoms with Crippen LogP contribution in [-0.4, -0.2) is 33.6 Å². The minimum atomic E-state index is -4.84. The highest BCUT2D eigenvalue weighted by Gasteiger charge is 2.49. The lowest BCUT2D eigenvalue weighted by Gasteiger charge is -2.31. The van der Waals surface area contributed by atoms with Crippen molar-refractivity contribution in [3.63, 3.8) is 0 Å². The van der Waals surface area contributed by atoms with E-state index in [-0.39, 0.29) is 11.4 Å². The molecule has 0 bridgehead atoms. The second-order valence-electron chi connectivity index (χ2n) is 7.81. The Labute approximate surface area is 183 Å². The van der Waals surface area contributed by atoms with Crippen molar-refractivity contribution in [1.82, 2.24) is 9.55 Å². The molecule has 2 aliphatic rings. The number of nitrogens with one attached hydrogen (secondary N) is 1. The Bertz CT molecular complexity index is 1310. The smallest absolute Gasteiger partial charge is 0.324 e. The summed E-state index contributed by atoms with van der Waals surface area (Å²) in [6.45, 7) is -0.624. The summed E-state index contributed by atoms with van der Waals surface area (Å²) in [5.41, 5.74) is 0.523. The van der Waals surface area contributed by atoms with Crippen LogP contribution in [-0.2, 0) is 29.0 Å². The number of alkyl halides is 3. The SMILES string of the molecule is O=C1CC(C(F)(F)F)N(C(=O)Cn2cnc3sc4c(c3c2=O)CCC4)c2ccccc2N1. The number of rotatable bonds is 2. The Hall–Kier alpha value is -3.21. The number of anilines is 2. The molecule has 5 rings (SSSR count).